The standard InChI is InChI=1S/C21H17N5O2/c27-18-14-8-7-13-17(18)19-20(24-23-15-9-3-1-4-10-15)22-21(28)26(25-19)16-11-5-2-6-12-16/h1-14,23,27H,(H,22,24,28). The van der Waals surface area contributed by atoms with E-state index in [-0.39, 0.29) is 11.6 Å². The predicted octanol–water partition coefficient (Wildman–Crippen LogP) is 3.44. The molecule has 0 amide bonds. The quantitative estimate of drug-likeness (QED) is 0.466. The van der Waals surface area contributed by atoms with Gasteiger partial charge in [0, 0.05) is 5.56 Å². The summed E-state index contributed by atoms with van der Waals surface area (Å²) in [6, 6.07) is 25.2. The molecule has 1 aromatic heterocycles. The van der Waals surface area contributed by atoms with Crippen LogP contribution >= 0.6 is 0 Å². The highest BCUT2D eigenvalue weighted by Crippen LogP contribution is 2.30. The zero-order valence-electron chi connectivity index (χ0n) is 14.8. The molecule has 28 heavy (non-hydrogen) atoms. The molecule has 0 saturated heterocycles. The van der Waals surface area contributed by atoms with Crippen molar-refractivity contribution in [2.24, 2.45) is 0 Å². The molecule has 0 radical (unpaired) electrons. The highest BCUT2D eigenvalue weighted by atomic mass is 16.3. The number of phenolic OH excluding ortho intramolecular Hbond substituents is 1. The van der Waals surface area contributed by atoms with Crippen LogP contribution in [0, 0.1) is 0 Å². The number of aromatic hydroxyl groups is 1. The molecule has 0 aliphatic heterocycles. The van der Waals surface area contributed by atoms with Crippen molar-refractivity contribution in [2.45, 2.75) is 0 Å². The molecule has 0 aliphatic carbocycles. The zero-order chi connectivity index (χ0) is 19.3. The Morgan fingerprint density at radius 3 is 2.14 bits per heavy atom. The number of hydrogen-bond donors (Lipinski definition) is 3. The molecule has 3 N–H and O–H groups in total. The highest BCUT2D eigenvalue weighted by molar-refractivity contribution is 5.76. The van der Waals surface area contributed by atoms with E-state index in [1.165, 1.54) is 4.68 Å². The Hall–Kier alpha value is -4.13. The summed E-state index contributed by atoms with van der Waals surface area (Å²) in [5.74, 6) is 0.250. The minimum atomic E-state index is -0.539. The van der Waals surface area contributed by atoms with E-state index in [1.807, 2.05) is 48.5 Å². The summed E-state index contributed by atoms with van der Waals surface area (Å²) in [6.07, 6.45) is 0. The molecule has 0 aliphatic rings. The van der Waals surface area contributed by atoms with Gasteiger partial charge in [0.15, 0.2) is 5.82 Å². The van der Waals surface area contributed by atoms with Crippen LogP contribution < -0.4 is 16.5 Å². The molecule has 0 bridgehead atoms. The fraction of sp³-hybridized carbons (Fsp3) is 0. The van der Waals surface area contributed by atoms with Crippen molar-refractivity contribution < 1.29 is 5.11 Å². The third kappa shape index (κ3) is 3.54. The SMILES string of the molecule is O=c1nc(NNc2ccccc2)c(-c2ccccc2O)nn1-c1ccccc1. The maximum absolute atomic E-state index is 12.6. The topological polar surface area (TPSA) is 92.1 Å². The van der Waals surface area contributed by atoms with E-state index in [0.717, 1.165) is 5.69 Å². The summed E-state index contributed by atoms with van der Waals surface area (Å²) in [5, 5.41) is 14.8. The van der Waals surface area contributed by atoms with E-state index in [1.54, 1.807) is 36.4 Å². The fourth-order valence-corrected chi connectivity index (χ4v) is 2.72. The molecule has 7 heteroatoms. The lowest BCUT2D eigenvalue weighted by molar-refractivity contribution is 0.477. The van der Waals surface area contributed by atoms with Gasteiger partial charge in [-0.05, 0) is 36.4 Å². The van der Waals surface area contributed by atoms with Crippen LogP contribution in [-0.4, -0.2) is 19.9 Å². The van der Waals surface area contributed by atoms with Gasteiger partial charge in [0.05, 0.1) is 11.4 Å². The van der Waals surface area contributed by atoms with Crippen LogP contribution in [-0.2, 0) is 0 Å². The zero-order valence-corrected chi connectivity index (χ0v) is 14.8. The van der Waals surface area contributed by atoms with Crippen molar-refractivity contribution in [3.05, 3.63) is 95.4 Å². The van der Waals surface area contributed by atoms with Gasteiger partial charge in [-0.3, -0.25) is 10.9 Å². The molecular formula is C21H17N5O2. The van der Waals surface area contributed by atoms with Gasteiger partial charge in [-0.15, -0.1) is 0 Å². The first-order chi connectivity index (χ1) is 13.7. The van der Waals surface area contributed by atoms with Crippen LogP contribution in [0.25, 0.3) is 16.9 Å². The second-order valence-corrected chi connectivity index (χ2v) is 5.97. The Bertz CT molecular complexity index is 1140. The van der Waals surface area contributed by atoms with Crippen LogP contribution in [0.3, 0.4) is 0 Å². The summed E-state index contributed by atoms with van der Waals surface area (Å²) >= 11 is 0. The number of aromatic nitrogens is 3. The third-order valence-electron chi connectivity index (χ3n) is 4.07. The van der Waals surface area contributed by atoms with Gasteiger partial charge in [-0.2, -0.15) is 14.8 Å². The fourth-order valence-electron chi connectivity index (χ4n) is 2.72. The molecule has 0 atom stereocenters. The first-order valence-electron chi connectivity index (χ1n) is 8.64. The summed E-state index contributed by atoms with van der Waals surface area (Å²) in [7, 11) is 0. The van der Waals surface area contributed by atoms with Gasteiger partial charge in [0.25, 0.3) is 0 Å². The average Bonchev–Trinajstić information content (AvgIpc) is 2.74. The summed E-state index contributed by atoms with van der Waals surface area (Å²) < 4.78 is 1.20. The minimum absolute atomic E-state index is 0.0396. The number of phenols is 1. The molecule has 3 aromatic carbocycles. The Kier molecular flexibility index (Phi) is 4.71. The van der Waals surface area contributed by atoms with E-state index >= 15 is 0 Å². The maximum Gasteiger partial charge on any atom is 0.370 e. The number of nitrogens with zero attached hydrogens (tertiary/aromatic N) is 3. The van der Waals surface area contributed by atoms with Crippen LogP contribution in [0.5, 0.6) is 5.75 Å². The number of anilines is 2. The van der Waals surface area contributed by atoms with Crippen molar-refractivity contribution in [2.75, 3.05) is 10.9 Å². The summed E-state index contributed by atoms with van der Waals surface area (Å²) in [4.78, 5) is 16.7. The minimum Gasteiger partial charge on any atom is -0.507 e. The molecule has 1 heterocycles. The monoisotopic (exact) mass is 371 g/mol. The maximum atomic E-state index is 12.6. The van der Waals surface area contributed by atoms with Gasteiger partial charge in [0.1, 0.15) is 11.4 Å². The van der Waals surface area contributed by atoms with Gasteiger partial charge < -0.3 is 5.11 Å². The van der Waals surface area contributed by atoms with Gasteiger partial charge >= 0.3 is 5.69 Å². The lowest BCUT2D eigenvalue weighted by Crippen LogP contribution is -2.27. The van der Waals surface area contributed by atoms with Crippen LogP contribution in [0.1, 0.15) is 0 Å². The molecule has 0 fully saturated rings. The third-order valence-corrected chi connectivity index (χ3v) is 4.07. The van der Waals surface area contributed by atoms with Crippen molar-refractivity contribution in [3.63, 3.8) is 0 Å². The highest BCUT2D eigenvalue weighted by Gasteiger charge is 2.16. The predicted molar refractivity (Wildman–Crippen MR) is 108 cm³/mol. The second kappa shape index (κ2) is 7.63. The van der Waals surface area contributed by atoms with E-state index in [0.29, 0.717) is 16.9 Å². The molecule has 4 aromatic rings. The van der Waals surface area contributed by atoms with Crippen molar-refractivity contribution in [3.8, 4) is 22.7 Å². The summed E-state index contributed by atoms with van der Waals surface area (Å²) in [5.41, 5.74) is 7.55. The van der Waals surface area contributed by atoms with Crippen LogP contribution in [0.15, 0.2) is 89.7 Å². The lowest BCUT2D eigenvalue weighted by Gasteiger charge is -2.14. The molecular weight excluding hydrogens is 354 g/mol. The van der Waals surface area contributed by atoms with Gasteiger partial charge in [0.2, 0.25) is 0 Å². The van der Waals surface area contributed by atoms with E-state index in [9.17, 15) is 9.90 Å². The van der Waals surface area contributed by atoms with Gasteiger partial charge in [-0.1, -0.05) is 48.5 Å². The number of rotatable bonds is 5. The van der Waals surface area contributed by atoms with E-state index in [2.05, 4.69) is 20.9 Å². The first-order valence-corrected chi connectivity index (χ1v) is 8.64. The Balaban J connectivity index is 1.81. The normalized spacial score (nSPS) is 10.4. The molecule has 7 nitrogen and oxygen atoms in total. The molecule has 0 spiro atoms. The largest absolute Gasteiger partial charge is 0.507 e. The second-order valence-electron chi connectivity index (χ2n) is 5.97. The van der Waals surface area contributed by atoms with Crippen molar-refractivity contribution in [1.29, 1.82) is 0 Å². The van der Waals surface area contributed by atoms with Crippen molar-refractivity contribution >= 4 is 11.5 Å². The van der Waals surface area contributed by atoms with E-state index in [4.69, 9.17) is 0 Å². The number of benzene rings is 3. The number of nitrogens with one attached hydrogen (secondary N) is 2. The van der Waals surface area contributed by atoms with E-state index < -0.39 is 5.69 Å². The molecule has 0 saturated carbocycles. The Morgan fingerprint density at radius 2 is 1.43 bits per heavy atom. The van der Waals surface area contributed by atoms with Crippen LogP contribution in [0.4, 0.5) is 11.5 Å². The first kappa shape index (κ1) is 17.3. The number of hydrazine groups is 1. The molecule has 4 rings (SSSR count). The smallest absolute Gasteiger partial charge is 0.370 e. The molecule has 0 unspecified atom stereocenters. The average molecular weight is 371 g/mol. The molecule has 138 valence electrons. The summed E-state index contributed by atoms with van der Waals surface area (Å²) in [6.45, 7) is 0. The number of hydrogen-bond acceptors (Lipinski definition) is 6. The van der Waals surface area contributed by atoms with Crippen molar-refractivity contribution in [1.82, 2.24) is 14.8 Å². The number of para-hydroxylation sites is 3. The Labute approximate surface area is 160 Å². The van der Waals surface area contributed by atoms with Gasteiger partial charge in [-0.25, -0.2) is 4.79 Å². The van der Waals surface area contributed by atoms with Crippen LogP contribution in [0.2, 0.25) is 0 Å². The Morgan fingerprint density at radius 1 is 0.786 bits per heavy atom. The lowest BCUT2D eigenvalue weighted by atomic mass is 10.1.